The van der Waals surface area contributed by atoms with E-state index in [-0.39, 0.29) is 11.4 Å². The zero-order chi connectivity index (χ0) is 18.0. The summed E-state index contributed by atoms with van der Waals surface area (Å²) in [6, 6.07) is 14.2. The fourth-order valence-corrected chi connectivity index (χ4v) is 2.92. The summed E-state index contributed by atoms with van der Waals surface area (Å²) in [5.41, 5.74) is 2.46. The molecule has 0 radical (unpaired) electrons. The third-order valence-corrected chi connectivity index (χ3v) is 4.15. The van der Waals surface area contributed by atoms with Crippen LogP contribution in [0, 0.1) is 6.92 Å². The first-order valence-corrected chi connectivity index (χ1v) is 8.33. The van der Waals surface area contributed by atoms with E-state index < -0.39 is 6.10 Å². The summed E-state index contributed by atoms with van der Waals surface area (Å²) in [6.45, 7) is 5.60. The first-order valence-electron chi connectivity index (χ1n) is 8.33. The fourth-order valence-electron chi connectivity index (χ4n) is 2.92. The zero-order valence-electron chi connectivity index (χ0n) is 14.5. The van der Waals surface area contributed by atoms with E-state index in [4.69, 9.17) is 9.15 Å². The topological polar surface area (TPSA) is 56.5 Å². The van der Waals surface area contributed by atoms with Crippen molar-refractivity contribution in [2.45, 2.75) is 33.3 Å². The maximum absolute atomic E-state index is 12.6. The quantitative estimate of drug-likeness (QED) is 0.514. The van der Waals surface area contributed by atoms with Gasteiger partial charge in [-0.2, -0.15) is 0 Å². The Bertz CT molecular complexity index is 970. The molecule has 3 rings (SSSR count). The highest BCUT2D eigenvalue weighted by Crippen LogP contribution is 2.31. The van der Waals surface area contributed by atoms with Crippen molar-refractivity contribution in [2.75, 3.05) is 0 Å². The minimum absolute atomic E-state index is 0.0920. The molecule has 1 heterocycles. The molecule has 0 aliphatic heterocycles. The fraction of sp³-hybridized carbons (Fsp3) is 0.238. The summed E-state index contributed by atoms with van der Waals surface area (Å²) in [6.07, 6.45) is 0.0201. The van der Waals surface area contributed by atoms with Gasteiger partial charge in [-0.25, -0.2) is 4.79 Å². The Morgan fingerprint density at radius 3 is 2.56 bits per heavy atom. The number of aryl methyl sites for hydroxylation is 2. The second kappa shape index (κ2) is 6.93. The number of hydrogen-bond donors (Lipinski definition) is 0. The highest BCUT2D eigenvalue weighted by atomic mass is 16.5. The zero-order valence-corrected chi connectivity index (χ0v) is 14.5. The molecule has 4 nitrogen and oxygen atoms in total. The number of benzene rings is 2. The van der Waals surface area contributed by atoms with Crippen molar-refractivity contribution in [3.05, 3.63) is 75.6 Å². The van der Waals surface area contributed by atoms with Crippen LogP contribution in [0.4, 0.5) is 0 Å². The Labute approximate surface area is 146 Å². The van der Waals surface area contributed by atoms with Gasteiger partial charge in [0, 0.05) is 11.6 Å². The van der Waals surface area contributed by atoms with Crippen molar-refractivity contribution in [2.24, 2.45) is 0 Å². The molecule has 0 aliphatic rings. The van der Waals surface area contributed by atoms with E-state index in [1.165, 1.54) is 6.07 Å². The molecule has 1 unspecified atom stereocenters. The van der Waals surface area contributed by atoms with E-state index in [9.17, 15) is 9.59 Å². The van der Waals surface area contributed by atoms with Gasteiger partial charge in [0.1, 0.15) is 11.3 Å². The predicted molar refractivity (Wildman–Crippen MR) is 97.5 cm³/mol. The van der Waals surface area contributed by atoms with Gasteiger partial charge >= 0.3 is 5.63 Å². The van der Waals surface area contributed by atoms with Crippen LogP contribution in [0.1, 0.15) is 35.3 Å². The first kappa shape index (κ1) is 17.0. The maximum Gasteiger partial charge on any atom is 0.336 e. The monoisotopic (exact) mass is 336 g/mol. The lowest BCUT2D eigenvalue weighted by Crippen LogP contribution is -2.24. The molecular weight excluding hydrogens is 316 g/mol. The number of carbonyl (C=O) groups excluding carboxylic acids is 1. The van der Waals surface area contributed by atoms with Gasteiger partial charge in [0.2, 0.25) is 5.78 Å². The van der Waals surface area contributed by atoms with Gasteiger partial charge in [-0.15, -0.1) is 0 Å². The first-order chi connectivity index (χ1) is 12.0. The van der Waals surface area contributed by atoms with Crippen LogP contribution in [0.3, 0.4) is 0 Å². The summed E-state index contributed by atoms with van der Waals surface area (Å²) < 4.78 is 11.3. The molecule has 4 heteroatoms. The Kier molecular flexibility index (Phi) is 4.70. The largest absolute Gasteiger partial charge is 0.482 e. The average Bonchev–Trinajstić information content (AvgIpc) is 2.60. The number of carbonyl (C=O) groups is 1. The second-order valence-electron chi connectivity index (χ2n) is 6.07. The van der Waals surface area contributed by atoms with Crippen molar-refractivity contribution in [3.63, 3.8) is 0 Å². The van der Waals surface area contributed by atoms with Crippen LogP contribution in [0.5, 0.6) is 5.75 Å². The van der Waals surface area contributed by atoms with Crippen molar-refractivity contribution in [1.82, 2.24) is 0 Å². The molecule has 25 heavy (non-hydrogen) atoms. The second-order valence-corrected chi connectivity index (χ2v) is 6.07. The molecule has 0 bridgehead atoms. The Morgan fingerprint density at radius 1 is 1.16 bits per heavy atom. The summed E-state index contributed by atoms with van der Waals surface area (Å²) in [5.74, 6) is 0.470. The molecule has 0 aliphatic carbocycles. The molecule has 128 valence electrons. The van der Waals surface area contributed by atoms with Crippen LogP contribution in [0.25, 0.3) is 11.0 Å². The lowest BCUT2D eigenvalue weighted by molar-refractivity contribution is 0.0820. The lowest BCUT2D eigenvalue weighted by Gasteiger charge is -2.17. The molecule has 0 fully saturated rings. The van der Waals surface area contributed by atoms with E-state index in [1.54, 1.807) is 19.1 Å². The van der Waals surface area contributed by atoms with E-state index in [0.29, 0.717) is 23.3 Å². The van der Waals surface area contributed by atoms with Gasteiger partial charge < -0.3 is 9.15 Å². The van der Waals surface area contributed by atoms with Crippen molar-refractivity contribution >= 4 is 16.8 Å². The van der Waals surface area contributed by atoms with Gasteiger partial charge in [-0.1, -0.05) is 37.3 Å². The minimum atomic E-state index is -0.649. The molecule has 1 aromatic heterocycles. The van der Waals surface area contributed by atoms with Gasteiger partial charge in [-0.3, -0.25) is 4.79 Å². The van der Waals surface area contributed by atoms with E-state index in [0.717, 1.165) is 16.5 Å². The summed E-state index contributed by atoms with van der Waals surface area (Å²) in [4.78, 5) is 24.3. The molecule has 0 saturated heterocycles. The van der Waals surface area contributed by atoms with E-state index in [1.807, 2.05) is 44.2 Å². The van der Waals surface area contributed by atoms with Gasteiger partial charge in [0.25, 0.3) is 0 Å². The number of ketones is 1. The number of rotatable bonds is 5. The molecule has 0 amide bonds. The number of Topliss-reactive ketones (excluding diaryl/α,β-unsaturated/α-hetero) is 1. The number of ether oxygens (including phenoxy) is 1. The number of hydrogen-bond acceptors (Lipinski definition) is 4. The lowest BCUT2D eigenvalue weighted by atomic mass is 10.0. The minimum Gasteiger partial charge on any atom is -0.482 e. The maximum atomic E-state index is 12.6. The van der Waals surface area contributed by atoms with Crippen LogP contribution in [-0.4, -0.2) is 11.9 Å². The van der Waals surface area contributed by atoms with Gasteiger partial charge in [-0.05, 0) is 43.5 Å². The Balaban J connectivity index is 2.03. The van der Waals surface area contributed by atoms with E-state index >= 15 is 0 Å². The SMILES string of the molecule is CCc1cc(=O)oc2cc(C)cc(OC(C)C(=O)c3ccccc3)c12. The van der Waals surface area contributed by atoms with E-state index in [2.05, 4.69) is 0 Å². The highest BCUT2D eigenvalue weighted by molar-refractivity contribution is 5.99. The van der Waals surface area contributed by atoms with Crippen LogP contribution < -0.4 is 10.4 Å². The van der Waals surface area contributed by atoms with Crippen LogP contribution in [0.15, 0.2) is 57.7 Å². The standard InChI is InChI=1S/C21H20O4/c1-4-15-12-19(22)25-18-11-13(2)10-17(20(15)18)24-14(3)21(23)16-8-6-5-7-9-16/h5-12,14H,4H2,1-3H3. The molecular formula is C21H20O4. The van der Waals surface area contributed by atoms with Crippen LogP contribution >= 0.6 is 0 Å². The highest BCUT2D eigenvalue weighted by Gasteiger charge is 2.19. The molecule has 0 spiro atoms. The predicted octanol–water partition coefficient (Wildman–Crippen LogP) is 4.31. The average molecular weight is 336 g/mol. The molecule has 0 saturated carbocycles. The normalized spacial score (nSPS) is 12.1. The third-order valence-electron chi connectivity index (χ3n) is 4.15. The summed E-state index contributed by atoms with van der Waals surface area (Å²) >= 11 is 0. The molecule has 3 aromatic rings. The molecule has 1 atom stereocenters. The third kappa shape index (κ3) is 3.48. The Hall–Kier alpha value is -2.88. The molecule has 0 N–H and O–H groups in total. The van der Waals surface area contributed by atoms with Crippen molar-refractivity contribution in [3.8, 4) is 5.75 Å². The molecule has 2 aromatic carbocycles. The summed E-state index contributed by atoms with van der Waals surface area (Å²) in [7, 11) is 0. The number of fused-ring (bicyclic) bond motifs is 1. The van der Waals surface area contributed by atoms with Gasteiger partial charge in [0.05, 0.1) is 5.39 Å². The van der Waals surface area contributed by atoms with Crippen LogP contribution in [-0.2, 0) is 6.42 Å². The van der Waals surface area contributed by atoms with Crippen LogP contribution in [0.2, 0.25) is 0 Å². The smallest absolute Gasteiger partial charge is 0.336 e. The van der Waals surface area contributed by atoms with Crippen molar-refractivity contribution < 1.29 is 13.9 Å². The van der Waals surface area contributed by atoms with Crippen molar-refractivity contribution in [1.29, 1.82) is 0 Å². The van der Waals surface area contributed by atoms with Gasteiger partial charge in [0.15, 0.2) is 6.10 Å². The Morgan fingerprint density at radius 2 is 1.88 bits per heavy atom. The summed E-state index contributed by atoms with van der Waals surface area (Å²) in [5, 5.41) is 0.750.